The molecule has 0 aliphatic heterocycles. The van der Waals surface area contributed by atoms with Crippen LogP contribution >= 0.6 is 11.6 Å². The molecular formula is C14H21ClN2O3S. The Morgan fingerprint density at radius 1 is 1.29 bits per heavy atom. The van der Waals surface area contributed by atoms with Gasteiger partial charge in [-0.2, -0.15) is 4.31 Å². The Kier molecular flexibility index (Phi) is 6.64. The van der Waals surface area contributed by atoms with Crippen molar-refractivity contribution in [2.75, 3.05) is 24.7 Å². The monoisotopic (exact) mass is 332 g/mol. The van der Waals surface area contributed by atoms with Crippen molar-refractivity contribution < 1.29 is 13.2 Å². The molecule has 1 aromatic carbocycles. The minimum absolute atomic E-state index is 0.186. The summed E-state index contributed by atoms with van der Waals surface area (Å²) in [6, 6.07) is 6.65. The Morgan fingerprint density at radius 3 is 2.33 bits per heavy atom. The van der Waals surface area contributed by atoms with Crippen molar-refractivity contribution in [1.82, 2.24) is 4.31 Å². The van der Waals surface area contributed by atoms with Crippen LogP contribution in [-0.4, -0.2) is 38.0 Å². The number of hydrogen-bond acceptors (Lipinski definition) is 3. The number of carbonyl (C=O) groups is 1. The van der Waals surface area contributed by atoms with Crippen LogP contribution in [-0.2, 0) is 14.8 Å². The number of hydrogen-bond donors (Lipinski definition) is 1. The van der Waals surface area contributed by atoms with Gasteiger partial charge < -0.3 is 5.32 Å². The van der Waals surface area contributed by atoms with Gasteiger partial charge in [-0.1, -0.05) is 25.4 Å². The lowest BCUT2D eigenvalue weighted by atomic mass is 10.1. The van der Waals surface area contributed by atoms with Crippen LogP contribution in [0.2, 0.25) is 5.02 Å². The normalized spacial score (nSPS) is 11.9. The van der Waals surface area contributed by atoms with Gasteiger partial charge in [0.25, 0.3) is 0 Å². The van der Waals surface area contributed by atoms with Crippen molar-refractivity contribution in [3.8, 4) is 0 Å². The van der Waals surface area contributed by atoms with Gasteiger partial charge in [-0.3, -0.25) is 4.79 Å². The summed E-state index contributed by atoms with van der Waals surface area (Å²) >= 11 is 5.76. The van der Waals surface area contributed by atoms with Gasteiger partial charge in [-0.15, -0.1) is 0 Å². The summed E-state index contributed by atoms with van der Waals surface area (Å²) in [5.74, 6) is 0.0000741. The minimum Gasteiger partial charge on any atom is -0.325 e. The third-order valence-electron chi connectivity index (χ3n) is 2.87. The Hall–Kier alpha value is -1.11. The largest absolute Gasteiger partial charge is 0.325 e. The van der Waals surface area contributed by atoms with E-state index in [1.807, 2.05) is 13.8 Å². The fourth-order valence-electron chi connectivity index (χ4n) is 1.66. The van der Waals surface area contributed by atoms with Crippen LogP contribution in [0.1, 0.15) is 20.3 Å². The molecule has 0 heterocycles. The molecule has 0 aliphatic rings. The topological polar surface area (TPSA) is 66.5 Å². The molecule has 7 heteroatoms. The van der Waals surface area contributed by atoms with E-state index in [9.17, 15) is 13.2 Å². The van der Waals surface area contributed by atoms with Gasteiger partial charge >= 0.3 is 0 Å². The fourth-order valence-corrected chi connectivity index (χ4v) is 2.57. The summed E-state index contributed by atoms with van der Waals surface area (Å²) in [5, 5.41) is 3.23. The number of rotatable bonds is 7. The van der Waals surface area contributed by atoms with Crippen molar-refractivity contribution in [3.63, 3.8) is 0 Å². The average Bonchev–Trinajstić information content (AvgIpc) is 2.35. The molecule has 0 unspecified atom stereocenters. The van der Waals surface area contributed by atoms with Crippen LogP contribution in [0, 0.1) is 5.92 Å². The maximum Gasteiger partial charge on any atom is 0.239 e. The minimum atomic E-state index is -3.40. The average molecular weight is 333 g/mol. The van der Waals surface area contributed by atoms with Crippen LogP contribution in [0.25, 0.3) is 0 Å². The molecule has 0 saturated carbocycles. The van der Waals surface area contributed by atoms with Crippen molar-refractivity contribution in [3.05, 3.63) is 29.3 Å². The van der Waals surface area contributed by atoms with Gasteiger partial charge in [0.1, 0.15) is 0 Å². The maximum atomic E-state index is 11.9. The number of nitrogens with one attached hydrogen (secondary N) is 1. The van der Waals surface area contributed by atoms with Crippen LogP contribution in [0.15, 0.2) is 24.3 Å². The van der Waals surface area contributed by atoms with Crippen molar-refractivity contribution >= 4 is 33.2 Å². The number of halogens is 1. The van der Waals surface area contributed by atoms with Crippen LogP contribution in [0.4, 0.5) is 5.69 Å². The highest BCUT2D eigenvalue weighted by Crippen LogP contribution is 2.13. The van der Waals surface area contributed by atoms with Gasteiger partial charge in [0.15, 0.2) is 0 Å². The molecule has 21 heavy (non-hydrogen) atoms. The zero-order valence-electron chi connectivity index (χ0n) is 12.5. The van der Waals surface area contributed by atoms with Crippen molar-refractivity contribution in [1.29, 1.82) is 0 Å². The fraction of sp³-hybridized carbons (Fsp3) is 0.500. The van der Waals surface area contributed by atoms with E-state index in [0.29, 0.717) is 29.6 Å². The van der Waals surface area contributed by atoms with Crippen molar-refractivity contribution in [2.45, 2.75) is 20.3 Å². The van der Waals surface area contributed by atoms with E-state index in [1.165, 1.54) is 4.31 Å². The third-order valence-corrected chi connectivity index (χ3v) is 4.37. The molecule has 1 N–H and O–H groups in total. The molecule has 0 aromatic heterocycles. The molecule has 1 aromatic rings. The number of amides is 1. The lowest BCUT2D eigenvalue weighted by Gasteiger charge is -2.20. The molecule has 0 atom stereocenters. The molecule has 1 rings (SSSR count). The van der Waals surface area contributed by atoms with Gasteiger partial charge in [-0.05, 0) is 36.6 Å². The Labute approximate surface area is 131 Å². The van der Waals surface area contributed by atoms with Crippen LogP contribution < -0.4 is 5.32 Å². The quantitative estimate of drug-likeness (QED) is 0.834. The highest BCUT2D eigenvalue weighted by atomic mass is 35.5. The van der Waals surface area contributed by atoms with Gasteiger partial charge in [0, 0.05) is 17.3 Å². The number of sulfonamides is 1. The van der Waals surface area contributed by atoms with E-state index in [4.69, 9.17) is 11.6 Å². The van der Waals surface area contributed by atoms with Gasteiger partial charge in [0.05, 0.1) is 12.8 Å². The number of anilines is 1. The molecule has 118 valence electrons. The zero-order valence-corrected chi connectivity index (χ0v) is 14.0. The van der Waals surface area contributed by atoms with E-state index in [1.54, 1.807) is 24.3 Å². The highest BCUT2D eigenvalue weighted by molar-refractivity contribution is 7.88. The SMILES string of the molecule is CC(C)CCN(CC(=O)Nc1ccc(Cl)cc1)S(C)(=O)=O. The van der Waals surface area contributed by atoms with Crippen molar-refractivity contribution in [2.24, 2.45) is 5.92 Å². The maximum absolute atomic E-state index is 11.9. The van der Waals surface area contributed by atoms with Gasteiger partial charge in [0.2, 0.25) is 15.9 Å². The summed E-state index contributed by atoms with van der Waals surface area (Å²) < 4.78 is 24.6. The molecule has 0 spiro atoms. The molecular weight excluding hydrogens is 312 g/mol. The summed E-state index contributed by atoms with van der Waals surface area (Å²) in [4.78, 5) is 11.9. The summed E-state index contributed by atoms with van der Waals surface area (Å²) in [6.45, 7) is 4.17. The molecule has 5 nitrogen and oxygen atoms in total. The van der Waals surface area contributed by atoms with Gasteiger partial charge in [-0.25, -0.2) is 8.42 Å². The van der Waals surface area contributed by atoms with E-state index < -0.39 is 10.0 Å². The third kappa shape index (κ3) is 6.93. The first-order chi connectivity index (χ1) is 9.68. The molecule has 0 fully saturated rings. The van der Waals surface area contributed by atoms with Crippen LogP contribution in [0.5, 0.6) is 0 Å². The highest BCUT2D eigenvalue weighted by Gasteiger charge is 2.20. The Morgan fingerprint density at radius 2 is 1.86 bits per heavy atom. The second-order valence-electron chi connectivity index (χ2n) is 5.33. The lowest BCUT2D eigenvalue weighted by molar-refractivity contribution is -0.116. The first-order valence-corrected chi connectivity index (χ1v) is 8.91. The molecule has 0 radical (unpaired) electrons. The van der Waals surface area contributed by atoms with E-state index in [0.717, 1.165) is 6.26 Å². The molecule has 0 saturated heterocycles. The summed E-state index contributed by atoms with van der Waals surface area (Å²) in [7, 11) is -3.40. The molecule has 0 bridgehead atoms. The number of nitrogens with zero attached hydrogens (tertiary/aromatic N) is 1. The second-order valence-corrected chi connectivity index (χ2v) is 7.75. The number of benzene rings is 1. The summed E-state index contributed by atoms with van der Waals surface area (Å²) in [6.07, 6.45) is 1.82. The summed E-state index contributed by atoms with van der Waals surface area (Å²) in [5.41, 5.74) is 0.585. The first kappa shape index (κ1) is 17.9. The Bertz CT molecular complexity index is 570. The first-order valence-electron chi connectivity index (χ1n) is 6.69. The predicted molar refractivity (Wildman–Crippen MR) is 86.0 cm³/mol. The molecule has 0 aliphatic carbocycles. The lowest BCUT2D eigenvalue weighted by Crippen LogP contribution is -2.38. The van der Waals surface area contributed by atoms with E-state index >= 15 is 0 Å². The molecule has 1 amide bonds. The second kappa shape index (κ2) is 7.77. The van der Waals surface area contributed by atoms with E-state index in [-0.39, 0.29) is 12.5 Å². The Balaban J connectivity index is 2.65. The smallest absolute Gasteiger partial charge is 0.239 e. The van der Waals surface area contributed by atoms with Crippen LogP contribution in [0.3, 0.4) is 0 Å². The zero-order chi connectivity index (χ0) is 16.0. The standard InChI is InChI=1S/C14H21ClN2O3S/c1-11(2)8-9-17(21(3,19)20)10-14(18)16-13-6-4-12(15)5-7-13/h4-7,11H,8-10H2,1-3H3,(H,16,18). The number of carbonyl (C=O) groups excluding carboxylic acids is 1. The van der Waals surface area contributed by atoms with E-state index in [2.05, 4.69) is 5.32 Å². The predicted octanol–water partition coefficient (Wildman–Crippen LogP) is 2.59.